The Morgan fingerprint density at radius 1 is 1.32 bits per heavy atom. The Labute approximate surface area is 113 Å². The van der Waals surface area contributed by atoms with Gasteiger partial charge in [-0.25, -0.2) is 8.42 Å². The van der Waals surface area contributed by atoms with Gasteiger partial charge in [0.25, 0.3) is 5.56 Å². The molecule has 5 nitrogen and oxygen atoms in total. The lowest BCUT2D eigenvalue weighted by atomic mass is 10.2. The average molecular weight is 282 g/mol. The fourth-order valence-corrected chi connectivity index (χ4v) is 2.59. The molecule has 0 unspecified atom stereocenters. The first-order valence-corrected chi connectivity index (χ1v) is 7.58. The van der Waals surface area contributed by atoms with E-state index >= 15 is 0 Å². The van der Waals surface area contributed by atoms with Crippen LogP contribution in [0.1, 0.15) is 32.0 Å². The summed E-state index contributed by atoms with van der Waals surface area (Å²) in [5.41, 5.74) is 0.235. The second-order valence-electron chi connectivity index (χ2n) is 5.39. The predicted octanol–water partition coefficient (Wildman–Crippen LogP) is 1.24. The molecule has 0 N–H and O–H groups in total. The van der Waals surface area contributed by atoms with Crippen molar-refractivity contribution in [3.8, 4) is 6.07 Å². The number of pyridine rings is 1. The first kappa shape index (κ1) is 15.4. The van der Waals surface area contributed by atoms with E-state index in [1.54, 1.807) is 33.8 Å². The largest absolute Gasteiger partial charge is 0.311 e. The van der Waals surface area contributed by atoms with E-state index in [4.69, 9.17) is 5.26 Å². The van der Waals surface area contributed by atoms with Gasteiger partial charge in [-0.1, -0.05) is 0 Å². The van der Waals surface area contributed by atoms with E-state index < -0.39 is 20.1 Å². The minimum atomic E-state index is -3.29. The average Bonchev–Trinajstić information content (AvgIpc) is 2.27. The highest BCUT2D eigenvalue weighted by Gasteiger charge is 2.28. The van der Waals surface area contributed by atoms with Gasteiger partial charge in [-0.3, -0.25) is 4.79 Å². The zero-order valence-corrected chi connectivity index (χ0v) is 12.4. The highest BCUT2D eigenvalue weighted by molar-refractivity contribution is 7.92. The monoisotopic (exact) mass is 282 g/mol. The Balaban J connectivity index is 3.11. The van der Waals surface area contributed by atoms with E-state index in [2.05, 4.69) is 0 Å². The molecule has 0 aliphatic rings. The van der Waals surface area contributed by atoms with Gasteiger partial charge < -0.3 is 4.57 Å². The molecule has 0 spiro atoms. The van der Waals surface area contributed by atoms with Crippen LogP contribution in [0.2, 0.25) is 0 Å². The summed E-state index contributed by atoms with van der Waals surface area (Å²) < 4.78 is 24.5. The van der Waals surface area contributed by atoms with Crippen molar-refractivity contribution < 1.29 is 8.42 Å². The Kier molecular flexibility index (Phi) is 4.21. The van der Waals surface area contributed by atoms with Gasteiger partial charge in [-0.05, 0) is 39.8 Å². The van der Waals surface area contributed by atoms with Crippen LogP contribution in [0.3, 0.4) is 0 Å². The molecular weight excluding hydrogens is 264 g/mol. The fraction of sp³-hybridized carbons (Fsp3) is 0.538. The number of aromatic nitrogens is 1. The maximum Gasteiger partial charge on any atom is 0.268 e. The summed E-state index contributed by atoms with van der Waals surface area (Å²) in [5, 5.41) is 8.81. The summed E-state index contributed by atoms with van der Waals surface area (Å²) in [6.07, 6.45) is 0. The summed E-state index contributed by atoms with van der Waals surface area (Å²) in [6.45, 7) is 6.67. The molecule has 0 atom stereocenters. The molecule has 1 heterocycles. The van der Waals surface area contributed by atoms with Crippen molar-refractivity contribution in [1.82, 2.24) is 4.57 Å². The molecule has 6 heteroatoms. The smallest absolute Gasteiger partial charge is 0.268 e. The summed E-state index contributed by atoms with van der Waals surface area (Å²) in [4.78, 5) is 11.9. The SMILES string of the molecule is Cc1ccc(C#N)c(=O)n1CCS(=O)(=O)C(C)(C)C. The van der Waals surface area contributed by atoms with Crippen LogP contribution in [0.15, 0.2) is 16.9 Å². The number of nitriles is 1. The van der Waals surface area contributed by atoms with Crippen molar-refractivity contribution in [1.29, 1.82) is 5.26 Å². The molecule has 19 heavy (non-hydrogen) atoms. The normalized spacial score (nSPS) is 12.2. The Bertz CT molecular complexity index is 673. The van der Waals surface area contributed by atoms with E-state index in [1.165, 1.54) is 10.6 Å². The number of sulfone groups is 1. The Morgan fingerprint density at radius 3 is 2.37 bits per heavy atom. The molecule has 1 aromatic heterocycles. The molecular formula is C13H18N2O3S. The van der Waals surface area contributed by atoms with Crippen LogP contribution in [0.4, 0.5) is 0 Å². The quantitative estimate of drug-likeness (QED) is 0.835. The van der Waals surface area contributed by atoms with Gasteiger partial charge in [-0.2, -0.15) is 5.26 Å². The van der Waals surface area contributed by atoms with Crippen molar-refractivity contribution in [2.75, 3.05) is 5.75 Å². The predicted molar refractivity (Wildman–Crippen MR) is 73.7 cm³/mol. The summed E-state index contributed by atoms with van der Waals surface area (Å²) in [7, 11) is -3.29. The first-order valence-electron chi connectivity index (χ1n) is 5.93. The highest BCUT2D eigenvalue weighted by atomic mass is 32.2. The molecule has 0 fully saturated rings. The number of hydrogen-bond donors (Lipinski definition) is 0. The molecule has 0 saturated heterocycles. The standard InChI is InChI=1S/C13H18N2O3S/c1-10-5-6-11(9-14)12(16)15(10)7-8-19(17,18)13(2,3)4/h5-6H,7-8H2,1-4H3. The van der Waals surface area contributed by atoms with Crippen molar-refractivity contribution >= 4 is 9.84 Å². The molecule has 0 saturated carbocycles. The maximum atomic E-state index is 12.0. The second kappa shape index (κ2) is 5.17. The van der Waals surface area contributed by atoms with E-state index in [0.29, 0.717) is 5.69 Å². The van der Waals surface area contributed by atoms with Crippen LogP contribution in [0.25, 0.3) is 0 Å². The van der Waals surface area contributed by atoms with Gasteiger partial charge >= 0.3 is 0 Å². The number of rotatable bonds is 3. The van der Waals surface area contributed by atoms with Crippen LogP contribution in [-0.4, -0.2) is 23.5 Å². The van der Waals surface area contributed by atoms with Gasteiger partial charge in [-0.15, -0.1) is 0 Å². The number of aryl methyl sites for hydroxylation is 1. The summed E-state index contributed by atoms with van der Waals surface area (Å²) in [6, 6.07) is 4.90. The van der Waals surface area contributed by atoms with Crippen LogP contribution in [0.5, 0.6) is 0 Å². The lowest BCUT2D eigenvalue weighted by Crippen LogP contribution is -2.34. The molecule has 0 aliphatic carbocycles. The Morgan fingerprint density at radius 2 is 1.89 bits per heavy atom. The molecule has 0 aromatic carbocycles. The number of nitrogens with zero attached hydrogens (tertiary/aromatic N) is 2. The minimum Gasteiger partial charge on any atom is -0.311 e. The lowest BCUT2D eigenvalue weighted by molar-refractivity contribution is 0.551. The second-order valence-corrected chi connectivity index (χ2v) is 8.25. The van der Waals surface area contributed by atoms with Gasteiger partial charge in [0.15, 0.2) is 9.84 Å². The molecule has 0 radical (unpaired) electrons. The van der Waals surface area contributed by atoms with E-state index in [9.17, 15) is 13.2 Å². The molecule has 1 rings (SSSR count). The molecule has 1 aromatic rings. The van der Waals surface area contributed by atoms with Crippen molar-refractivity contribution in [2.45, 2.75) is 39.0 Å². The topological polar surface area (TPSA) is 79.9 Å². The third-order valence-electron chi connectivity index (χ3n) is 3.03. The first-order chi connectivity index (χ1) is 8.60. The van der Waals surface area contributed by atoms with E-state index in [1.807, 2.05) is 6.07 Å². The molecule has 0 bridgehead atoms. The third kappa shape index (κ3) is 3.24. The molecule has 0 amide bonds. The lowest BCUT2D eigenvalue weighted by Gasteiger charge is -2.20. The van der Waals surface area contributed by atoms with Crippen LogP contribution in [-0.2, 0) is 16.4 Å². The zero-order chi connectivity index (χ0) is 14.8. The van der Waals surface area contributed by atoms with Crippen molar-refractivity contribution in [3.05, 3.63) is 33.7 Å². The van der Waals surface area contributed by atoms with Gasteiger partial charge in [0.1, 0.15) is 11.6 Å². The zero-order valence-electron chi connectivity index (χ0n) is 11.6. The summed E-state index contributed by atoms with van der Waals surface area (Å²) in [5.74, 6) is -0.119. The van der Waals surface area contributed by atoms with Crippen molar-refractivity contribution in [3.63, 3.8) is 0 Å². The molecule has 0 aliphatic heterocycles. The maximum absolute atomic E-state index is 12.0. The fourth-order valence-electron chi connectivity index (χ4n) is 1.55. The Hall–Kier alpha value is -1.61. The van der Waals surface area contributed by atoms with E-state index in [-0.39, 0.29) is 17.9 Å². The van der Waals surface area contributed by atoms with Gasteiger partial charge in [0.05, 0.1) is 10.5 Å². The van der Waals surface area contributed by atoms with Gasteiger partial charge in [0.2, 0.25) is 0 Å². The summed E-state index contributed by atoms with van der Waals surface area (Å²) >= 11 is 0. The highest BCUT2D eigenvalue weighted by Crippen LogP contribution is 2.16. The number of hydrogen-bond acceptors (Lipinski definition) is 4. The minimum absolute atomic E-state index is 0.0266. The molecule has 104 valence electrons. The third-order valence-corrected chi connectivity index (χ3v) is 5.62. The van der Waals surface area contributed by atoms with Crippen LogP contribution >= 0.6 is 0 Å². The van der Waals surface area contributed by atoms with E-state index in [0.717, 1.165) is 0 Å². The van der Waals surface area contributed by atoms with Gasteiger partial charge in [0, 0.05) is 12.2 Å². The van der Waals surface area contributed by atoms with Crippen molar-refractivity contribution in [2.24, 2.45) is 0 Å². The van der Waals surface area contributed by atoms with Crippen LogP contribution in [0, 0.1) is 18.3 Å². The van der Waals surface area contributed by atoms with Crippen LogP contribution < -0.4 is 5.56 Å².